The molecule has 1 aromatic rings. The molecule has 0 amide bonds. The van der Waals surface area contributed by atoms with Gasteiger partial charge in [0.15, 0.2) is 0 Å². The van der Waals surface area contributed by atoms with Crippen molar-refractivity contribution in [1.82, 2.24) is 0 Å². The van der Waals surface area contributed by atoms with Crippen molar-refractivity contribution in [3.8, 4) is 0 Å². The molecule has 0 aliphatic rings. The highest BCUT2D eigenvalue weighted by molar-refractivity contribution is 5.85. The van der Waals surface area contributed by atoms with Gasteiger partial charge in [-0.15, -0.1) is 12.4 Å². The van der Waals surface area contributed by atoms with Gasteiger partial charge in [-0.2, -0.15) is 4.39 Å². The second kappa shape index (κ2) is 10.8. The lowest BCUT2D eigenvalue weighted by Gasteiger charge is -2.25. The standard InChI is InChI=1S/C14H22FN2O2.2ClH/c1-17(2,11-15)8-9-19-14(18)13(16)10-12-6-4-3-5-7-12;;/h3-7,13H,8-11,16H2,1-2H3;2*1H/q+1;;/p-1. The van der Waals surface area contributed by atoms with Crippen LogP contribution >= 0.6 is 12.4 Å². The molecule has 0 aromatic heterocycles. The molecule has 1 rings (SSSR count). The Morgan fingerprint density at radius 2 is 1.90 bits per heavy atom. The number of hydrogen-bond donors (Lipinski definition) is 1. The molecule has 0 spiro atoms. The molecule has 0 fully saturated rings. The maximum atomic E-state index is 12.5. The molecule has 1 aromatic carbocycles. The highest BCUT2D eigenvalue weighted by Gasteiger charge is 2.18. The number of alkyl halides is 1. The van der Waals surface area contributed by atoms with E-state index in [2.05, 4.69) is 0 Å². The quantitative estimate of drug-likeness (QED) is 0.374. The summed E-state index contributed by atoms with van der Waals surface area (Å²) in [5, 5.41) is 0. The number of rotatable bonds is 7. The van der Waals surface area contributed by atoms with Crippen LogP contribution in [0.4, 0.5) is 4.39 Å². The van der Waals surface area contributed by atoms with E-state index in [9.17, 15) is 9.18 Å². The first-order chi connectivity index (χ1) is 8.94. The van der Waals surface area contributed by atoms with Gasteiger partial charge >= 0.3 is 5.97 Å². The molecule has 122 valence electrons. The van der Waals surface area contributed by atoms with Crippen LogP contribution in [0.2, 0.25) is 0 Å². The second-order valence-corrected chi connectivity index (χ2v) is 5.24. The number of carbonyl (C=O) groups is 1. The summed E-state index contributed by atoms with van der Waals surface area (Å²) in [6, 6.07) is 8.85. The van der Waals surface area contributed by atoms with Crippen LogP contribution in [-0.2, 0) is 16.0 Å². The average Bonchev–Trinajstić information content (AvgIpc) is 2.39. The van der Waals surface area contributed by atoms with Gasteiger partial charge in [-0.25, -0.2) is 0 Å². The van der Waals surface area contributed by atoms with E-state index in [0.717, 1.165) is 5.56 Å². The number of nitrogens with zero attached hydrogens (tertiary/aromatic N) is 1. The Labute approximate surface area is 137 Å². The number of quaternary nitrogens is 1. The van der Waals surface area contributed by atoms with Crippen LogP contribution in [0.25, 0.3) is 0 Å². The summed E-state index contributed by atoms with van der Waals surface area (Å²) in [5.74, 6) is -0.442. The van der Waals surface area contributed by atoms with Crippen LogP contribution in [0.1, 0.15) is 5.56 Å². The minimum absolute atomic E-state index is 0. The fraction of sp³-hybridized carbons (Fsp3) is 0.500. The van der Waals surface area contributed by atoms with Crippen LogP contribution in [0, 0.1) is 0 Å². The zero-order valence-corrected chi connectivity index (χ0v) is 13.9. The Morgan fingerprint density at radius 1 is 1.33 bits per heavy atom. The third kappa shape index (κ3) is 8.88. The predicted octanol–water partition coefficient (Wildman–Crippen LogP) is -1.47. The molecule has 4 nitrogen and oxygen atoms in total. The number of halogens is 3. The maximum Gasteiger partial charge on any atom is 0.323 e. The van der Waals surface area contributed by atoms with Crippen LogP contribution in [0.15, 0.2) is 30.3 Å². The van der Waals surface area contributed by atoms with E-state index >= 15 is 0 Å². The molecular weight excluding hydrogens is 318 g/mol. The van der Waals surface area contributed by atoms with Gasteiger partial charge in [0.25, 0.3) is 0 Å². The van der Waals surface area contributed by atoms with E-state index in [-0.39, 0.29) is 35.9 Å². The lowest BCUT2D eigenvalue weighted by Crippen LogP contribution is -3.00. The Morgan fingerprint density at radius 3 is 2.43 bits per heavy atom. The molecular formula is C14H23Cl2FN2O2. The topological polar surface area (TPSA) is 52.3 Å². The van der Waals surface area contributed by atoms with E-state index in [0.29, 0.717) is 13.0 Å². The predicted molar refractivity (Wildman–Crippen MR) is 79.3 cm³/mol. The van der Waals surface area contributed by atoms with Crippen LogP contribution in [0.5, 0.6) is 0 Å². The number of benzene rings is 1. The third-order valence-electron chi connectivity index (χ3n) is 2.87. The first-order valence-corrected chi connectivity index (χ1v) is 6.29. The first-order valence-electron chi connectivity index (χ1n) is 6.29. The number of ether oxygens (including phenoxy) is 1. The second-order valence-electron chi connectivity index (χ2n) is 5.24. The van der Waals surface area contributed by atoms with Gasteiger partial charge in [-0.3, -0.25) is 9.28 Å². The van der Waals surface area contributed by atoms with Gasteiger partial charge in [0.05, 0.1) is 14.1 Å². The molecule has 0 bridgehead atoms. The SMILES string of the molecule is C[N+](C)(CF)CCOC(=O)C(N)Cc1ccccc1.Cl.[Cl-]. The molecule has 0 aliphatic carbocycles. The summed E-state index contributed by atoms with van der Waals surface area (Å²) in [4.78, 5) is 11.7. The van der Waals surface area contributed by atoms with Crippen LogP contribution in [-0.4, -0.2) is 50.5 Å². The van der Waals surface area contributed by atoms with Gasteiger partial charge in [0.1, 0.15) is 19.2 Å². The molecule has 1 unspecified atom stereocenters. The number of nitrogens with two attached hydrogens (primary N) is 1. The minimum atomic E-state index is -0.677. The van der Waals surface area contributed by atoms with Crippen molar-refractivity contribution in [3.63, 3.8) is 0 Å². The van der Waals surface area contributed by atoms with Crippen molar-refractivity contribution >= 4 is 18.4 Å². The van der Waals surface area contributed by atoms with Crippen molar-refractivity contribution in [2.45, 2.75) is 12.5 Å². The Hall–Kier alpha value is -0.880. The Balaban J connectivity index is 0. The number of likely N-dealkylation sites (N-methyl/N-ethyl adjacent to an activating group) is 1. The lowest BCUT2D eigenvalue weighted by atomic mass is 10.1. The average molecular weight is 341 g/mol. The maximum absolute atomic E-state index is 12.5. The molecule has 0 radical (unpaired) electrons. The van der Waals surface area contributed by atoms with E-state index in [1.54, 1.807) is 14.1 Å². The lowest BCUT2D eigenvalue weighted by molar-refractivity contribution is -0.902. The summed E-state index contributed by atoms with van der Waals surface area (Å²) >= 11 is 0. The summed E-state index contributed by atoms with van der Waals surface area (Å²) < 4.78 is 17.8. The summed E-state index contributed by atoms with van der Waals surface area (Å²) in [5.41, 5.74) is 6.77. The van der Waals surface area contributed by atoms with E-state index < -0.39 is 18.8 Å². The molecule has 2 N–H and O–H groups in total. The normalized spacial score (nSPS) is 11.8. The molecule has 1 atom stereocenters. The highest BCUT2D eigenvalue weighted by Crippen LogP contribution is 2.03. The molecule has 7 heteroatoms. The highest BCUT2D eigenvalue weighted by atomic mass is 35.5. The summed E-state index contributed by atoms with van der Waals surface area (Å²) in [6.45, 7) is 0.117. The first kappa shape index (κ1) is 22.4. The molecule has 0 heterocycles. The van der Waals surface area contributed by atoms with Crippen molar-refractivity contribution < 1.29 is 30.8 Å². The van der Waals surface area contributed by atoms with Gasteiger partial charge < -0.3 is 22.9 Å². The fourth-order valence-corrected chi connectivity index (χ4v) is 1.51. The van der Waals surface area contributed by atoms with Crippen LogP contribution in [0.3, 0.4) is 0 Å². The van der Waals surface area contributed by atoms with Crippen molar-refractivity contribution in [3.05, 3.63) is 35.9 Å². The monoisotopic (exact) mass is 340 g/mol. The largest absolute Gasteiger partial charge is 1.00 e. The van der Waals surface area contributed by atoms with E-state index in [1.165, 1.54) is 0 Å². The Kier molecular flexibility index (Phi) is 11.5. The molecule has 0 aliphatic heterocycles. The van der Waals surface area contributed by atoms with Crippen molar-refractivity contribution in [2.75, 3.05) is 34.0 Å². The minimum Gasteiger partial charge on any atom is -1.00 e. The molecule has 21 heavy (non-hydrogen) atoms. The van der Waals surface area contributed by atoms with Gasteiger partial charge in [0.2, 0.25) is 6.80 Å². The summed E-state index contributed by atoms with van der Waals surface area (Å²) in [6.07, 6.45) is 0.445. The zero-order valence-electron chi connectivity index (χ0n) is 12.3. The van der Waals surface area contributed by atoms with Gasteiger partial charge in [0, 0.05) is 0 Å². The Bertz CT molecular complexity index is 405. The van der Waals surface area contributed by atoms with Crippen molar-refractivity contribution in [2.24, 2.45) is 5.73 Å². The fourth-order valence-electron chi connectivity index (χ4n) is 1.51. The zero-order chi connectivity index (χ0) is 14.3. The van der Waals surface area contributed by atoms with E-state index in [4.69, 9.17) is 10.5 Å². The van der Waals surface area contributed by atoms with Gasteiger partial charge in [-0.05, 0) is 12.0 Å². The smallest absolute Gasteiger partial charge is 0.323 e. The summed E-state index contributed by atoms with van der Waals surface area (Å²) in [7, 11) is 3.47. The third-order valence-corrected chi connectivity index (χ3v) is 2.87. The van der Waals surface area contributed by atoms with Crippen molar-refractivity contribution in [1.29, 1.82) is 0 Å². The number of esters is 1. The number of carbonyl (C=O) groups excluding carboxylic acids is 1. The molecule has 0 saturated heterocycles. The van der Waals surface area contributed by atoms with Gasteiger partial charge in [-0.1, -0.05) is 30.3 Å². The van der Waals surface area contributed by atoms with Crippen LogP contribution < -0.4 is 18.1 Å². The molecule has 0 saturated carbocycles. The van der Waals surface area contributed by atoms with E-state index in [1.807, 2.05) is 30.3 Å². The number of hydrogen-bond acceptors (Lipinski definition) is 3.